The molecule has 2 saturated heterocycles. The summed E-state index contributed by atoms with van der Waals surface area (Å²) in [5.74, 6) is -1.63. The first kappa shape index (κ1) is 23.6. The summed E-state index contributed by atoms with van der Waals surface area (Å²) in [4.78, 5) is 38.6. The van der Waals surface area contributed by atoms with Gasteiger partial charge in [0.15, 0.2) is 12.0 Å². The van der Waals surface area contributed by atoms with Crippen molar-refractivity contribution in [2.75, 3.05) is 41.2 Å². The molecule has 1 aromatic rings. The number of hydrogen-bond acceptors (Lipinski definition) is 10. The number of rotatable bonds is 9. The van der Waals surface area contributed by atoms with Gasteiger partial charge in [0, 0.05) is 33.6 Å². The quantitative estimate of drug-likeness (QED) is 0.481. The van der Waals surface area contributed by atoms with E-state index in [1.54, 1.807) is 13.8 Å². The number of ether oxygens (including phenoxy) is 7. The van der Waals surface area contributed by atoms with Crippen molar-refractivity contribution < 1.29 is 38.0 Å². The number of H-pyrrole nitrogens is 1. The largest absolute Gasteiger partial charge is 0.461 e. The van der Waals surface area contributed by atoms with Gasteiger partial charge in [-0.05, 0) is 13.8 Å². The van der Waals surface area contributed by atoms with E-state index in [1.165, 1.54) is 38.2 Å². The molecule has 1 N–H and O–H groups in total. The van der Waals surface area contributed by atoms with Crippen LogP contribution >= 0.6 is 0 Å². The molecule has 0 aliphatic carbocycles. The fraction of sp³-hybridized carbons (Fsp3) is 0.737. The predicted molar refractivity (Wildman–Crippen MR) is 104 cm³/mol. The van der Waals surface area contributed by atoms with Crippen molar-refractivity contribution in [2.45, 2.75) is 49.8 Å². The maximum absolute atomic E-state index is 12.8. The van der Waals surface area contributed by atoms with E-state index in [0.717, 1.165) is 0 Å². The van der Waals surface area contributed by atoms with E-state index in [-0.39, 0.29) is 19.8 Å². The van der Waals surface area contributed by atoms with E-state index in [9.17, 15) is 14.4 Å². The van der Waals surface area contributed by atoms with Crippen molar-refractivity contribution >= 4 is 5.97 Å². The third-order valence-electron chi connectivity index (χ3n) is 5.15. The van der Waals surface area contributed by atoms with Crippen LogP contribution in [-0.2, 0) is 38.0 Å². The third-order valence-corrected chi connectivity index (χ3v) is 5.15. The molecule has 3 rings (SSSR count). The second kappa shape index (κ2) is 9.18. The normalized spacial score (nSPS) is 27.3. The summed E-state index contributed by atoms with van der Waals surface area (Å²) < 4.78 is 40.0. The van der Waals surface area contributed by atoms with Crippen LogP contribution in [-0.4, -0.2) is 86.4 Å². The molecule has 31 heavy (non-hydrogen) atoms. The minimum Gasteiger partial charge on any atom is -0.461 e. The average molecular weight is 444 g/mol. The molecule has 2 aliphatic heterocycles. The highest BCUT2D eigenvalue weighted by molar-refractivity contribution is 5.80. The van der Waals surface area contributed by atoms with Gasteiger partial charge in [-0.15, -0.1) is 0 Å². The second-order valence-electron chi connectivity index (χ2n) is 7.81. The lowest BCUT2D eigenvalue weighted by Gasteiger charge is -2.29. The Morgan fingerprint density at radius 2 is 1.81 bits per heavy atom. The van der Waals surface area contributed by atoms with Crippen molar-refractivity contribution in [3.05, 3.63) is 33.1 Å². The van der Waals surface area contributed by atoms with Gasteiger partial charge in [0.1, 0.15) is 24.9 Å². The molecule has 0 bridgehead atoms. The van der Waals surface area contributed by atoms with Crippen LogP contribution in [0.2, 0.25) is 0 Å². The first-order chi connectivity index (χ1) is 14.7. The number of carbonyl (C=O) groups is 1. The first-order valence-corrected chi connectivity index (χ1v) is 9.69. The van der Waals surface area contributed by atoms with Crippen LogP contribution in [0, 0.1) is 0 Å². The summed E-state index contributed by atoms with van der Waals surface area (Å²) >= 11 is 0. The van der Waals surface area contributed by atoms with Gasteiger partial charge in [-0.3, -0.25) is 14.3 Å². The zero-order valence-corrected chi connectivity index (χ0v) is 18.1. The predicted octanol–water partition coefficient (Wildman–Crippen LogP) is -0.825. The lowest BCUT2D eigenvalue weighted by molar-refractivity contribution is -0.208. The molecule has 2 aliphatic rings. The number of nitrogens with one attached hydrogen (secondary N) is 1. The number of methoxy groups -OCH3 is 3. The van der Waals surface area contributed by atoms with Crippen molar-refractivity contribution in [3.63, 3.8) is 0 Å². The topological polar surface area (TPSA) is 137 Å². The molecule has 4 atom stereocenters. The molecule has 0 saturated carbocycles. The molecular formula is C19H28N2O10. The Morgan fingerprint density at radius 3 is 2.39 bits per heavy atom. The zero-order chi connectivity index (χ0) is 22.8. The van der Waals surface area contributed by atoms with Crippen LogP contribution in [0.4, 0.5) is 0 Å². The Balaban J connectivity index is 1.79. The zero-order valence-electron chi connectivity index (χ0n) is 18.1. The van der Waals surface area contributed by atoms with Crippen LogP contribution < -0.4 is 11.2 Å². The van der Waals surface area contributed by atoms with Gasteiger partial charge in [-0.25, -0.2) is 9.59 Å². The second-order valence-corrected chi connectivity index (χ2v) is 7.81. The molecule has 2 fully saturated rings. The van der Waals surface area contributed by atoms with E-state index >= 15 is 0 Å². The Morgan fingerprint density at radius 1 is 1.16 bits per heavy atom. The van der Waals surface area contributed by atoms with E-state index in [4.69, 9.17) is 33.2 Å². The van der Waals surface area contributed by atoms with E-state index in [2.05, 4.69) is 4.98 Å². The van der Waals surface area contributed by atoms with Gasteiger partial charge in [-0.1, -0.05) is 0 Å². The highest BCUT2D eigenvalue weighted by Gasteiger charge is 2.56. The van der Waals surface area contributed by atoms with Crippen molar-refractivity contribution in [1.29, 1.82) is 0 Å². The van der Waals surface area contributed by atoms with Gasteiger partial charge >= 0.3 is 11.7 Å². The lowest BCUT2D eigenvalue weighted by atomic mass is 10.1. The fourth-order valence-corrected chi connectivity index (χ4v) is 3.76. The number of hydrogen-bond donors (Lipinski definition) is 1. The van der Waals surface area contributed by atoms with Gasteiger partial charge in [0.05, 0.1) is 13.2 Å². The summed E-state index contributed by atoms with van der Waals surface area (Å²) in [6, 6.07) is 1.20. The Kier molecular flexibility index (Phi) is 6.98. The number of aromatic nitrogens is 2. The van der Waals surface area contributed by atoms with Crippen molar-refractivity contribution in [3.8, 4) is 0 Å². The van der Waals surface area contributed by atoms with Crippen LogP contribution in [0.3, 0.4) is 0 Å². The van der Waals surface area contributed by atoms with Crippen molar-refractivity contribution in [2.24, 2.45) is 0 Å². The molecule has 3 heterocycles. The number of fused-ring (bicyclic) bond motifs is 1. The van der Waals surface area contributed by atoms with Gasteiger partial charge in [0.25, 0.3) is 5.56 Å². The first-order valence-electron chi connectivity index (χ1n) is 9.69. The summed E-state index contributed by atoms with van der Waals surface area (Å²) in [6.07, 6.45) is -1.58. The Labute approximate surface area is 178 Å². The minimum absolute atomic E-state index is 0.0736. The third kappa shape index (κ3) is 4.73. The maximum Gasteiger partial charge on any atom is 0.343 e. The van der Waals surface area contributed by atoms with Crippen LogP contribution in [0.5, 0.6) is 0 Å². The fourth-order valence-electron chi connectivity index (χ4n) is 3.76. The number of carbonyl (C=O) groups excluding carboxylic acids is 1. The summed E-state index contributed by atoms with van der Waals surface area (Å²) in [5, 5.41) is 0. The van der Waals surface area contributed by atoms with Crippen LogP contribution in [0.1, 0.15) is 20.1 Å². The number of nitrogens with zero attached hydrogens (tertiary/aromatic N) is 1. The average Bonchev–Trinajstić information content (AvgIpc) is 3.19. The molecule has 174 valence electrons. The highest BCUT2D eigenvalue weighted by Crippen LogP contribution is 2.42. The maximum atomic E-state index is 12.8. The van der Waals surface area contributed by atoms with Gasteiger partial charge < -0.3 is 33.2 Å². The van der Waals surface area contributed by atoms with Crippen LogP contribution in [0.15, 0.2) is 21.9 Å². The molecule has 0 aromatic carbocycles. The van der Waals surface area contributed by atoms with E-state index in [0.29, 0.717) is 0 Å². The summed E-state index contributed by atoms with van der Waals surface area (Å²) in [7, 11) is 4.22. The molecular weight excluding hydrogens is 416 g/mol. The molecule has 12 nitrogen and oxygen atoms in total. The highest BCUT2D eigenvalue weighted by atomic mass is 16.8. The minimum atomic E-state index is -1.44. The molecule has 1 aromatic heterocycles. The number of aromatic amines is 1. The molecule has 0 amide bonds. The monoisotopic (exact) mass is 444 g/mol. The smallest absolute Gasteiger partial charge is 0.343 e. The molecule has 0 radical (unpaired) electrons. The standard InChI is InChI=1S/C19H28N2O10/c1-18(2)30-13-11(8-28-16(23)19(27-5,9-25-3)10-26-4)29-15(14(13)31-18)21-7-6-12(22)20-17(21)24/h6-7,11,13-15H,8-10H2,1-5H3,(H,20,22,24)/t11-,13-,14-,15-/m1/s1. The Hall–Kier alpha value is -2.09. The summed E-state index contributed by atoms with van der Waals surface area (Å²) in [6.45, 7) is 3.13. The van der Waals surface area contributed by atoms with Crippen molar-refractivity contribution in [1.82, 2.24) is 9.55 Å². The van der Waals surface area contributed by atoms with E-state index < -0.39 is 53.1 Å². The Bertz CT molecular complexity index is 888. The molecule has 0 unspecified atom stereocenters. The van der Waals surface area contributed by atoms with Gasteiger partial charge in [0.2, 0.25) is 5.60 Å². The molecule has 12 heteroatoms. The van der Waals surface area contributed by atoms with Gasteiger partial charge in [-0.2, -0.15) is 0 Å². The summed E-state index contributed by atoms with van der Waals surface area (Å²) in [5.41, 5.74) is -2.62. The van der Waals surface area contributed by atoms with E-state index in [1.807, 2.05) is 0 Å². The number of esters is 1. The SMILES string of the molecule is COCC(COC)(OC)C(=O)OC[C@H]1O[C@@H](n2ccc(=O)[nH]c2=O)[C@@H]2OC(C)(C)O[C@@H]21. The molecule has 0 spiro atoms. The lowest BCUT2D eigenvalue weighted by Crippen LogP contribution is -2.51. The van der Waals surface area contributed by atoms with Crippen LogP contribution in [0.25, 0.3) is 0 Å².